The number of methoxy groups -OCH3 is 1. The van der Waals surface area contributed by atoms with Crippen molar-refractivity contribution < 1.29 is 14.3 Å². The van der Waals surface area contributed by atoms with Crippen LogP contribution in [0.25, 0.3) is 12.2 Å². The highest BCUT2D eigenvalue weighted by Gasteiger charge is 2.11. The van der Waals surface area contributed by atoms with Gasteiger partial charge >= 0.3 is 0 Å². The van der Waals surface area contributed by atoms with Gasteiger partial charge in [0.05, 0.1) is 7.11 Å². The lowest BCUT2D eigenvalue weighted by molar-refractivity contribution is -0.121. The number of rotatable bonds is 7. The van der Waals surface area contributed by atoms with Crippen LogP contribution in [0.1, 0.15) is 18.1 Å². The van der Waals surface area contributed by atoms with Crippen LogP contribution in [0.4, 0.5) is 0 Å². The van der Waals surface area contributed by atoms with Crippen LogP contribution in [0.2, 0.25) is 0 Å². The van der Waals surface area contributed by atoms with Crippen molar-refractivity contribution in [3.8, 4) is 5.75 Å². The van der Waals surface area contributed by atoms with E-state index in [-0.39, 0.29) is 17.5 Å². The van der Waals surface area contributed by atoms with Crippen molar-refractivity contribution >= 4 is 24.0 Å². The number of hydrogen-bond acceptors (Lipinski definition) is 3. The molecular formula is C21H22N2O3. The molecule has 2 aromatic carbocycles. The van der Waals surface area contributed by atoms with Crippen LogP contribution in [0, 0.1) is 0 Å². The molecule has 26 heavy (non-hydrogen) atoms. The molecular weight excluding hydrogens is 328 g/mol. The Kier molecular flexibility index (Phi) is 7.18. The Morgan fingerprint density at radius 3 is 2.31 bits per heavy atom. The summed E-state index contributed by atoms with van der Waals surface area (Å²) in [5.74, 6) is 0.00110. The zero-order chi connectivity index (χ0) is 18.8. The average Bonchev–Trinajstić information content (AvgIpc) is 2.67. The molecule has 0 aliphatic carbocycles. The number of carbonyl (C=O) groups is 2. The third-order valence-corrected chi connectivity index (χ3v) is 3.49. The van der Waals surface area contributed by atoms with E-state index in [1.54, 1.807) is 31.4 Å². The van der Waals surface area contributed by atoms with Gasteiger partial charge in [-0.2, -0.15) is 0 Å². The van der Waals surface area contributed by atoms with Gasteiger partial charge in [0, 0.05) is 12.6 Å². The summed E-state index contributed by atoms with van der Waals surface area (Å²) < 4.78 is 5.12. The minimum Gasteiger partial charge on any atom is -0.497 e. The average molecular weight is 350 g/mol. The van der Waals surface area contributed by atoms with E-state index in [2.05, 4.69) is 10.6 Å². The van der Waals surface area contributed by atoms with Gasteiger partial charge in [-0.05, 0) is 42.3 Å². The molecule has 0 heterocycles. The fourth-order valence-electron chi connectivity index (χ4n) is 2.19. The number of hydrogen-bond donors (Lipinski definition) is 2. The minimum absolute atomic E-state index is 0.180. The summed E-state index contributed by atoms with van der Waals surface area (Å²) in [7, 11) is 1.59. The molecule has 0 aromatic heterocycles. The van der Waals surface area contributed by atoms with Gasteiger partial charge in [0.2, 0.25) is 5.91 Å². The first kappa shape index (κ1) is 19.0. The lowest BCUT2D eigenvalue weighted by Crippen LogP contribution is -2.34. The molecule has 2 rings (SSSR count). The number of nitrogens with one attached hydrogen (secondary N) is 2. The molecule has 2 amide bonds. The SMILES string of the molecule is CCNC(=O)/C(=C/c1ccc(OC)cc1)NC(=O)/C=C/c1ccccc1. The zero-order valence-corrected chi connectivity index (χ0v) is 14.9. The molecule has 0 aliphatic rings. The van der Waals surface area contributed by atoms with Crippen LogP contribution >= 0.6 is 0 Å². The molecule has 0 saturated heterocycles. The van der Waals surface area contributed by atoms with E-state index in [1.807, 2.05) is 49.4 Å². The Morgan fingerprint density at radius 1 is 1.00 bits per heavy atom. The van der Waals surface area contributed by atoms with Crippen molar-refractivity contribution in [2.24, 2.45) is 0 Å². The van der Waals surface area contributed by atoms with Crippen LogP contribution in [0.15, 0.2) is 66.4 Å². The Morgan fingerprint density at radius 2 is 1.69 bits per heavy atom. The Balaban J connectivity index is 2.15. The van der Waals surface area contributed by atoms with Crippen LogP contribution in [-0.4, -0.2) is 25.5 Å². The zero-order valence-electron chi connectivity index (χ0n) is 14.9. The highest BCUT2D eigenvalue weighted by Crippen LogP contribution is 2.13. The normalized spacial score (nSPS) is 11.2. The van der Waals surface area contributed by atoms with Crippen LogP contribution < -0.4 is 15.4 Å². The molecule has 0 fully saturated rings. The highest BCUT2D eigenvalue weighted by molar-refractivity contribution is 6.04. The van der Waals surface area contributed by atoms with E-state index in [0.29, 0.717) is 6.54 Å². The number of benzene rings is 2. The van der Waals surface area contributed by atoms with Crippen molar-refractivity contribution in [1.82, 2.24) is 10.6 Å². The highest BCUT2D eigenvalue weighted by atomic mass is 16.5. The number of carbonyl (C=O) groups excluding carboxylic acids is 2. The van der Waals surface area contributed by atoms with E-state index in [0.717, 1.165) is 16.9 Å². The summed E-state index contributed by atoms with van der Waals surface area (Å²) in [4.78, 5) is 24.4. The second-order valence-corrected chi connectivity index (χ2v) is 5.42. The molecule has 5 heteroatoms. The lowest BCUT2D eigenvalue weighted by Gasteiger charge is -2.09. The van der Waals surface area contributed by atoms with Crippen molar-refractivity contribution in [1.29, 1.82) is 0 Å². The van der Waals surface area contributed by atoms with Gasteiger partial charge in [-0.1, -0.05) is 42.5 Å². The van der Waals surface area contributed by atoms with E-state index in [1.165, 1.54) is 6.08 Å². The number of ether oxygens (including phenoxy) is 1. The first-order valence-corrected chi connectivity index (χ1v) is 8.30. The number of likely N-dealkylation sites (N-methyl/N-ethyl adjacent to an activating group) is 1. The van der Waals surface area contributed by atoms with Gasteiger partial charge in [0.25, 0.3) is 5.91 Å². The first-order valence-electron chi connectivity index (χ1n) is 8.30. The minimum atomic E-state index is -0.375. The third kappa shape index (κ3) is 5.94. The van der Waals surface area contributed by atoms with E-state index in [4.69, 9.17) is 4.74 Å². The van der Waals surface area contributed by atoms with Crippen molar-refractivity contribution in [3.05, 3.63) is 77.5 Å². The van der Waals surface area contributed by atoms with Crippen molar-refractivity contribution in [2.75, 3.05) is 13.7 Å². The molecule has 2 N–H and O–H groups in total. The predicted octanol–water partition coefficient (Wildman–Crippen LogP) is 3.00. The van der Waals surface area contributed by atoms with Gasteiger partial charge in [-0.15, -0.1) is 0 Å². The van der Waals surface area contributed by atoms with Gasteiger partial charge in [0.1, 0.15) is 11.4 Å². The van der Waals surface area contributed by atoms with Gasteiger partial charge in [0.15, 0.2) is 0 Å². The van der Waals surface area contributed by atoms with Gasteiger partial charge in [-0.25, -0.2) is 0 Å². The quantitative estimate of drug-likeness (QED) is 0.755. The second-order valence-electron chi connectivity index (χ2n) is 5.42. The largest absolute Gasteiger partial charge is 0.497 e. The van der Waals surface area contributed by atoms with E-state index >= 15 is 0 Å². The molecule has 0 bridgehead atoms. The first-order chi connectivity index (χ1) is 12.6. The third-order valence-electron chi connectivity index (χ3n) is 3.49. The monoisotopic (exact) mass is 350 g/mol. The summed E-state index contributed by atoms with van der Waals surface area (Å²) in [5.41, 5.74) is 1.86. The van der Waals surface area contributed by atoms with Gasteiger partial charge in [-0.3, -0.25) is 9.59 Å². The van der Waals surface area contributed by atoms with Crippen LogP contribution in [0.3, 0.4) is 0 Å². The van der Waals surface area contributed by atoms with Crippen molar-refractivity contribution in [2.45, 2.75) is 6.92 Å². The maximum absolute atomic E-state index is 12.2. The smallest absolute Gasteiger partial charge is 0.267 e. The molecule has 0 radical (unpaired) electrons. The molecule has 0 unspecified atom stereocenters. The van der Waals surface area contributed by atoms with E-state index < -0.39 is 0 Å². The Bertz CT molecular complexity index is 794. The Hall–Kier alpha value is -3.34. The summed E-state index contributed by atoms with van der Waals surface area (Å²) in [5, 5.41) is 5.34. The summed E-state index contributed by atoms with van der Waals surface area (Å²) in [6.07, 6.45) is 4.72. The molecule has 0 spiro atoms. The predicted molar refractivity (Wildman–Crippen MR) is 103 cm³/mol. The summed E-state index contributed by atoms with van der Waals surface area (Å²) >= 11 is 0. The number of amides is 2. The van der Waals surface area contributed by atoms with E-state index in [9.17, 15) is 9.59 Å². The van der Waals surface area contributed by atoms with Crippen molar-refractivity contribution in [3.63, 3.8) is 0 Å². The van der Waals surface area contributed by atoms with Crippen LogP contribution in [-0.2, 0) is 9.59 Å². The fraction of sp³-hybridized carbons (Fsp3) is 0.143. The molecule has 0 aliphatic heterocycles. The maximum atomic E-state index is 12.2. The molecule has 2 aromatic rings. The summed E-state index contributed by atoms with van der Waals surface area (Å²) in [6, 6.07) is 16.7. The Labute approximate surface area is 153 Å². The molecule has 0 atom stereocenters. The summed E-state index contributed by atoms with van der Waals surface area (Å²) in [6.45, 7) is 2.29. The second kappa shape index (κ2) is 9.84. The lowest BCUT2D eigenvalue weighted by atomic mass is 10.1. The molecule has 5 nitrogen and oxygen atoms in total. The topological polar surface area (TPSA) is 67.4 Å². The fourth-order valence-corrected chi connectivity index (χ4v) is 2.19. The molecule has 0 saturated carbocycles. The van der Waals surface area contributed by atoms with Crippen LogP contribution in [0.5, 0.6) is 5.75 Å². The maximum Gasteiger partial charge on any atom is 0.267 e. The van der Waals surface area contributed by atoms with Gasteiger partial charge < -0.3 is 15.4 Å². The molecule has 134 valence electrons. The standard InChI is InChI=1S/C21H22N2O3/c1-3-22-21(25)19(15-17-9-12-18(26-2)13-10-17)23-20(24)14-11-16-7-5-4-6-8-16/h4-15H,3H2,1-2H3,(H,22,25)(H,23,24)/b14-11+,19-15-.